The molecular weight excluding hydrogens is 274 g/mol. The summed E-state index contributed by atoms with van der Waals surface area (Å²) in [5, 5.41) is 2.69. The lowest BCUT2D eigenvalue weighted by Gasteiger charge is -2.32. The van der Waals surface area contributed by atoms with Gasteiger partial charge in [0.05, 0.1) is 13.1 Å². The van der Waals surface area contributed by atoms with Gasteiger partial charge in [-0.15, -0.1) is 0 Å². The van der Waals surface area contributed by atoms with Crippen molar-refractivity contribution in [3.8, 4) is 0 Å². The number of hydrogen-bond acceptors (Lipinski definition) is 5. The molecule has 8 nitrogen and oxygen atoms in total. The summed E-state index contributed by atoms with van der Waals surface area (Å²) in [7, 11) is 1.74. The van der Waals surface area contributed by atoms with E-state index in [9.17, 15) is 14.4 Å². The van der Waals surface area contributed by atoms with Crippen LogP contribution in [0.5, 0.6) is 0 Å². The van der Waals surface area contributed by atoms with Gasteiger partial charge in [0.1, 0.15) is 0 Å². The Morgan fingerprint density at radius 3 is 2.38 bits per heavy atom. The van der Waals surface area contributed by atoms with E-state index in [-0.39, 0.29) is 36.7 Å². The van der Waals surface area contributed by atoms with Crippen molar-refractivity contribution in [3.05, 3.63) is 0 Å². The average molecular weight is 299 g/mol. The fraction of sp³-hybridized carbons (Fsp3) is 0.769. The maximum absolute atomic E-state index is 12.1. The Hall–Kier alpha value is -1.67. The first-order valence-electron chi connectivity index (χ1n) is 7.21. The number of likely N-dealkylation sites (N-methyl/N-ethyl adjacent to an activating group) is 2. The van der Waals surface area contributed by atoms with Crippen LogP contribution in [0.15, 0.2) is 0 Å². The van der Waals surface area contributed by atoms with Crippen molar-refractivity contribution in [3.63, 3.8) is 0 Å². The van der Waals surface area contributed by atoms with E-state index >= 15 is 0 Å². The predicted molar refractivity (Wildman–Crippen MR) is 77.8 cm³/mol. The average Bonchev–Trinajstić information content (AvgIpc) is 2.46. The Balaban J connectivity index is 2.33. The lowest BCUT2D eigenvalue weighted by atomic mass is 9.96. The summed E-state index contributed by atoms with van der Waals surface area (Å²) in [6.45, 7) is 3.93. The van der Waals surface area contributed by atoms with Crippen LogP contribution >= 0.6 is 0 Å². The maximum Gasteiger partial charge on any atom is 0.237 e. The molecule has 0 unspecified atom stereocenters. The maximum atomic E-state index is 12.1. The van der Waals surface area contributed by atoms with E-state index in [0.717, 1.165) is 0 Å². The number of amides is 3. The topological polar surface area (TPSA) is 108 Å². The summed E-state index contributed by atoms with van der Waals surface area (Å²) >= 11 is 0. The number of nitrogens with one attached hydrogen (secondary N) is 2. The van der Waals surface area contributed by atoms with E-state index in [1.807, 2.05) is 6.92 Å². The number of carbonyl (C=O) groups excluding carboxylic acids is 3. The number of hydrazine groups is 1. The van der Waals surface area contributed by atoms with Crippen LogP contribution in [0.25, 0.3) is 0 Å². The van der Waals surface area contributed by atoms with Gasteiger partial charge in [-0.25, -0.2) is 5.84 Å². The summed E-state index contributed by atoms with van der Waals surface area (Å²) in [5.74, 6) is 4.71. The minimum atomic E-state index is -0.171. The Morgan fingerprint density at radius 1 is 1.24 bits per heavy atom. The van der Waals surface area contributed by atoms with E-state index in [1.165, 1.54) is 0 Å². The molecule has 8 heteroatoms. The molecule has 120 valence electrons. The number of likely N-dealkylation sites (tertiary alicyclic amines) is 1. The third kappa shape index (κ3) is 5.68. The zero-order valence-corrected chi connectivity index (χ0v) is 12.7. The first-order valence-corrected chi connectivity index (χ1v) is 7.21. The van der Waals surface area contributed by atoms with Crippen LogP contribution in [-0.4, -0.2) is 67.3 Å². The molecule has 0 bridgehead atoms. The Kier molecular flexibility index (Phi) is 7.10. The second-order valence-corrected chi connectivity index (χ2v) is 5.29. The van der Waals surface area contributed by atoms with Crippen molar-refractivity contribution in [2.75, 3.05) is 39.8 Å². The molecule has 1 heterocycles. The van der Waals surface area contributed by atoms with Gasteiger partial charge in [0.25, 0.3) is 0 Å². The molecule has 0 aliphatic carbocycles. The Bertz CT molecular complexity index is 380. The summed E-state index contributed by atoms with van der Waals surface area (Å²) in [5.41, 5.74) is 2.15. The molecule has 1 saturated heterocycles. The molecule has 0 atom stereocenters. The predicted octanol–water partition coefficient (Wildman–Crippen LogP) is -1.72. The first-order chi connectivity index (χ1) is 9.97. The van der Waals surface area contributed by atoms with Gasteiger partial charge in [-0.05, 0) is 26.8 Å². The van der Waals surface area contributed by atoms with Crippen molar-refractivity contribution in [2.24, 2.45) is 11.8 Å². The fourth-order valence-electron chi connectivity index (χ4n) is 2.39. The van der Waals surface area contributed by atoms with Gasteiger partial charge < -0.3 is 10.2 Å². The zero-order chi connectivity index (χ0) is 15.8. The monoisotopic (exact) mass is 299 g/mol. The second kappa shape index (κ2) is 8.58. The van der Waals surface area contributed by atoms with Crippen LogP contribution in [0.2, 0.25) is 0 Å². The number of carbonyl (C=O) groups is 3. The highest BCUT2D eigenvalue weighted by Crippen LogP contribution is 2.17. The third-order valence-electron chi connectivity index (χ3n) is 3.55. The molecule has 21 heavy (non-hydrogen) atoms. The number of rotatable bonds is 6. The molecule has 0 aromatic heterocycles. The van der Waals surface area contributed by atoms with Crippen molar-refractivity contribution in [1.82, 2.24) is 20.5 Å². The minimum absolute atomic E-state index is 0.0200. The SMILES string of the molecule is CCNC(=O)CN(C)CC(=O)N1CCC(C(=O)NN)CC1. The lowest BCUT2D eigenvalue weighted by Crippen LogP contribution is -2.47. The van der Waals surface area contributed by atoms with Gasteiger partial charge in [-0.1, -0.05) is 0 Å². The van der Waals surface area contributed by atoms with Gasteiger partial charge in [0, 0.05) is 25.6 Å². The molecule has 3 amide bonds. The standard InChI is InChI=1S/C13H25N5O3/c1-3-15-11(19)8-17(2)9-12(20)18-6-4-10(5-7-18)13(21)16-14/h10H,3-9,14H2,1-2H3,(H,15,19)(H,16,21). The molecule has 1 rings (SSSR count). The first kappa shape index (κ1) is 17.4. The minimum Gasteiger partial charge on any atom is -0.355 e. The van der Waals surface area contributed by atoms with Crippen LogP contribution < -0.4 is 16.6 Å². The van der Waals surface area contributed by atoms with Crippen molar-refractivity contribution >= 4 is 17.7 Å². The quantitative estimate of drug-likeness (QED) is 0.307. The third-order valence-corrected chi connectivity index (χ3v) is 3.55. The van der Waals surface area contributed by atoms with Crippen LogP contribution in [-0.2, 0) is 14.4 Å². The number of nitrogens with zero attached hydrogens (tertiary/aromatic N) is 2. The molecule has 0 aromatic carbocycles. The Labute approximate surface area is 125 Å². The van der Waals surface area contributed by atoms with Crippen molar-refractivity contribution < 1.29 is 14.4 Å². The molecule has 1 aliphatic rings. The summed E-state index contributed by atoms with van der Waals surface area (Å²) in [4.78, 5) is 38.4. The molecule has 1 fully saturated rings. The summed E-state index contributed by atoms with van der Waals surface area (Å²) < 4.78 is 0. The van der Waals surface area contributed by atoms with Crippen molar-refractivity contribution in [2.45, 2.75) is 19.8 Å². The highest BCUT2D eigenvalue weighted by Gasteiger charge is 2.27. The molecule has 4 N–H and O–H groups in total. The smallest absolute Gasteiger partial charge is 0.237 e. The van der Waals surface area contributed by atoms with Gasteiger partial charge in [-0.3, -0.25) is 24.7 Å². The van der Waals surface area contributed by atoms with E-state index in [2.05, 4.69) is 10.7 Å². The molecule has 1 aliphatic heterocycles. The summed E-state index contributed by atoms with van der Waals surface area (Å²) in [6, 6.07) is 0. The van der Waals surface area contributed by atoms with Crippen LogP contribution in [0.3, 0.4) is 0 Å². The number of piperidine rings is 1. The fourth-order valence-corrected chi connectivity index (χ4v) is 2.39. The molecular formula is C13H25N5O3. The van der Waals surface area contributed by atoms with E-state index in [4.69, 9.17) is 5.84 Å². The lowest BCUT2D eigenvalue weighted by molar-refractivity contribution is -0.136. The van der Waals surface area contributed by atoms with Gasteiger partial charge in [0.15, 0.2) is 0 Å². The largest absolute Gasteiger partial charge is 0.355 e. The second-order valence-electron chi connectivity index (χ2n) is 5.29. The van der Waals surface area contributed by atoms with E-state index in [0.29, 0.717) is 32.5 Å². The van der Waals surface area contributed by atoms with E-state index in [1.54, 1.807) is 16.8 Å². The van der Waals surface area contributed by atoms with Gasteiger partial charge in [-0.2, -0.15) is 0 Å². The Morgan fingerprint density at radius 2 is 1.86 bits per heavy atom. The van der Waals surface area contributed by atoms with Crippen LogP contribution in [0, 0.1) is 5.92 Å². The number of hydrogen-bond donors (Lipinski definition) is 3. The summed E-state index contributed by atoms with van der Waals surface area (Å²) in [6.07, 6.45) is 1.24. The highest BCUT2D eigenvalue weighted by atomic mass is 16.2. The molecule has 0 spiro atoms. The van der Waals surface area contributed by atoms with Crippen LogP contribution in [0.4, 0.5) is 0 Å². The van der Waals surface area contributed by atoms with Gasteiger partial charge in [0.2, 0.25) is 17.7 Å². The number of nitrogens with two attached hydrogens (primary N) is 1. The van der Waals surface area contributed by atoms with E-state index < -0.39 is 0 Å². The zero-order valence-electron chi connectivity index (χ0n) is 12.7. The molecule has 0 aromatic rings. The molecule has 0 radical (unpaired) electrons. The van der Waals surface area contributed by atoms with Crippen LogP contribution in [0.1, 0.15) is 19.8 Å². The van der Waals surface area contributed by atoms with Gasteiger partial charge >= 0.3 is 0 Å². The molecule has 0 saturated carbocycles. The normalized spacial score (nSPS) is 15.9. The highest BCUT2D eigenvalue weighted by molar-refractivity contribution is 5.82. The van der Waals surface area contributed by atoms with Crippen molar-refractivity contribution in [1.29, 1.82) is 0 Å².